The molecule has 2 nitrogen and oxygen atoms in total. The Bertz CT molecular complexity index is 327. The van der Waals surface area contributed by atoms with E-state index in [-0.39, 0.29) is 0 Å². The largest absolute Gasteiger partial charge is 0.481 e. The zero-order valence-corrected chi connectivity index (χ0v) is 14.3. The fourth-order valence-electron chi connectivity index (χ4n) is 2.28. The molecule has 0 unspecified atom stereocenters. The Labute approximate surface area is 137 Å². The van der Waals surface area contributed by atoms with Crippen LogP contribution < -0.4 is 0 Å². The predicted octanol–water partition coefficient (Wildman–Crippen LogP) is 6.44. The van der Waals surface area contributed by atoms with Crippen LogP contribution in [0.2, 0.25) is 0 Å². The first kappa shape index (κ1) is 20.7. The van der Waals surface area contributed by atoms with Gasteiger partial charge in [-0.3, -0.25) is 4.79 Å². The SMILES string of the molecule is CC=CCC=CCCC=CCCCCCCCCCC(=O)O. The summed E-state index contributed by atoms with van der Waals surface area (Å²) in [5.74, 6) is -0.667. The molecule has 1 N–H and O–H groups in total. The van der Waals surface area contributed by atoms with Gasteiger partial charge in [0.15, 0.2) is 0 Å². The molecule has 2 heteroatoms. The molecule has 0 aliphatic rings. The molecular formula is C20H34O2. The van der Waals surface area contributed by atoms with E-state index in [2.05, 4.69) is 43.4 Å². The third-order valence-electron chi connectivity index (χ3n) is 3.60. The lowest BCUT2D eigenvalue weighted by atomic mass is 10.1. The van der Waals surface area contributed by atoms with Gasteiger partial charge in [0.2, 0.25) is 0 Å². The molecular weight excluding hydrogens is 272 g/mol. The van der Waals surface area contributed by atoms with Gasteiger partial charge in [-0.15, -0.1) is 0 Å². The second kappa shape index (κ2) is 17.7. The third kappa shape index (κ3) is 18.7. The van der Waals surface area contributed by atoms with E-state index in [0.717, 1.165) is 32.1 Å². The molecule has 0 saturated carbocycles. The van der Waals surface area contributed by atoms with Gasteiger partial charge in [0.1, 0.15) is 0 Å². The molecule has 0 aromatic heterocycles. The molecule has 0 aliphatic heterocycles. The summed E-state index contributed by atoms with van der Waals surface area (Å²) < 4.78 is 0. The smallest absolute Gasteiger partial charge is 0.303 e. The van der Waals surface area contributed by atoms with Gasteiger partial charge < -0.3 is 5.11 Å². The van der Waals surface area contributed by atoms with Crippen LogP contribution in [0.15, 0.2) is 36.5 Å². The van der Waals surface area contributed by atoms with Crippen LogP contribution in [0.25, 0.3) is 0 Å². The van der Waals surface area contributed by atoms with Crippen LogP contribution in [-0.4, -0.2) is 11.1 Å². The van der Waals surface area contributed by atoms with Crippen molar-refractivity contribution >= 4 is 5.97 Å². The summed E-state index contributed by atoms with van der Waals surface area (Å²) in [5.41, 5.74) is 0. The number of unbranched alkanes of at least 4 members (excludes halogenated alkanes) is 8. The highest BCUT2D eigenvalue weighted by atomic mass is 16.4. The van der Waals surface area contributed by atoms with E-state index in [4.69, 9.17) is 5.11 Å². The third-order valence-corrected chi connectivity index (χ3v) is 3.60. The molecule has 0 fully saturated rings. The molecule has 22 heavy (non-hydrogen) atoms. The van der Waals surface area contributed by atoms with Crippen molar-refractivity contribution in [3.05, 3.63) is 36.5 Å². The molecule has 0 amide bonds. The Balaban J connectivity index is 3.17. The number of carbonyl (C=O) groups is 1. The van der Waals surface area contributed by atoms with Gasteiger partial charge in [0, 0.05) is 6.42 Å². The average molecular weight is 306 g/mol. The molecule has 0 atom stereocenters. The molecule has 0 saturated heterocycles. The lowest BCUT2D eigenvalue weighted by Crippen LogP contribution is -1.93. The standard InChI is InChI=1S/C20H34O2/c1-2-3-4-5-6-7-8-9-10-11-12-13-14-15-16-17-18-19-20(21)22/h2-3,5-6,9-10H,4,7-8,11-19H2,1H3,(H,21,22). The van der Waals surface area contributed by atoms with Crippen LogP contribution in [0, 0.1) is 0 Å². The fourth-order valence-corrected chi connectivity index (χ4v) is 2.28. The van der Waals surface area contributed by atoms with E-state index in [1.807, 2.05) is 0 Å². The molecule has 0 radical (unpaired) electrons. The van der Waals surface area contributed by atoms with Gasteiger partial charge in [-0.05, 0) is 45.4 Å². The van der Waals surface area contributed by atoms with E-state index >= 15 is 0 Å². The Hall–Kier alpha value is -1.31. The minimum absolute atomic E-state index is 0.329. The number of carboxylic acid groups (broad SMARTS) is 1. The lowest BCUT2D eigenvalue weighted by molar-refractivity contribution is -0.137. The first-order valence-electron chi connectivity index (χ1n) is 8.90. The molecule has 0 spiro atoms. The average Bonchev–Trinajstić information content (AvgIpc) is 2.50. The van der Waals surface area contributed by atoms with Gasteiger partial charge in [-0.25, -0.2) is 0 Å². The maximum Gasteiger partial charge on any atom is 0.303 e. The Morgan fingerprint density at radius 1 is 0.727 bits per heavy atom. The van der Waals surface area contributed by atoms with Crippen LogP contribution in [0.1, 0.15) is 84.0 Å². The summed E-state index contributed by atoms with van der Waals surface area (Å²) in [6, 6.07) is 0. The molecule has 0 aromatic rings. The van der Waals surface area contributed by atoms with Crippen molar-refractivity contribution in [3.63, 3.8) is 0 Å². The summed E-state index contributed by atoms with van der Waals surface area (Å²) in [6.45, 7) is 2.05. The zero-order valence-electron chi connectivity index (χ0n) is 14.3. The second-order valence-electron chi connectivity index (χ2n) is 5.73. The van der Waals surface area contributed by atoms with Crippen LogP contribution in [0.4, 0.5) is 0 Å². The first-order chi connectivity index (χ1) is 10.8. The van der Waals surface area contributed by atoms with Crippen molar-refractivity contribution < 1.29 is 9.90 Å². The van der Waals surface area contributed by atoms with Crippen molar-refractivity contribution in [2.45, 2.75) is 84.0 Å². The van der Waals surface area contributed by atoms with Crippen molar-refractivity contribution in [1.29, 1.82) is 0 Å². The van der Waals surface area contributed by atoms with E-state index in [1.165, 1.54) is 38.5 Å². The van der Waals surface area contributed by atoms with Crippen LogP contribution >= 0.6 is 0 Å². The van der Waals surface area contributed by atoms with E-state index in [1.54, 1.807) is 0 Å². The molecule has 0 aromatic carbocycles. The maximum atomic E-state index is 10.3. The molecule has 0 rings (SSSR count). The van der Waals surface area contributed by atoms with Crippen molar-refractivity contribution in [2.24, 2.45) is 0 Å². The summed E-state index contributed by atoms with van der Waals surface area (Å²) in [4.78, 5) is 10.3. The molecule has 126 valence electrons. The summed E-state index contributed by atoms with van der Waals surface area (Å²) in [7, 11) is 0. The fraction of sp³-hybridized carbons (Fsp3) is 0.650. The van der Waals surface area contributed by atoms with Crippen LogP contribution in [-0.2, 0) is 4.79 Å². The zero-order chi connectivity index (χ0) is 16.3. The van der Waals surface area contributed by atoms with E-state index < -0.39 is 5.97 Å². The number of carboxylic acids is 1. The predicted molar refractivity (Wildman–Crippen MR) is 96.1 cm³/mol. The van der Waals surface area contributed by atoms with Gasteiger partial charge in [0.25, 0.3) is 0 Å². The molecule has 0 aliphatic carbocycles. The highest BCUT2D eigenvalue weighted by molar-refractivity contribution is 5.66. The highest BCUT2D eigenvalue weighted by Gasteiger charge is 1.96. The summed E-state index contributed by atoms with van der Waals surface area (Å²) >= 11 is 0. The van der Waals surface area contributed by atoms with Crippen molar-refractivity contribution in [2.75, 3.05) is 0 Å². The quantitative estimate of drug-likeness (QED) is 0.279. The summed E-state index contributed by atoms with van der Waals surface area (Å²) in [5, 5.41) is 8.53. The topological polar surface area (TPSA) is 37.3 Å². The Kier molecular flexibility index (Phi) is 16.7. The Morgan fingerprint density at radius 2 is 1.27 bits per heavy atom. The lowest BCUT2D eigenvalue weighted by Gasteiger charge is -2.00. The van der Waals surface area contributed by atoms with E-state index in [0.29, 0.717) is 6.42 Å². The van der Waals surface area contributed by atoms with Crippen LogP contribution in [0.5, 0.6) is 0 Å². The number of aliphatic carboxylic acids is 1. The number of allylic oxidation sites excluding steroid dienone is 6. The highest BCUT2D eigenvalue weighted by Crippen LogP contribution is 2.10. The van der Waals surface area contributed by atoms with Crippen molar-refractivity contribution in [1.82, 2.24) is 0 Å². The van der Waals surface area contributed by atoms with Crippen LogP contribution in [0.3, 0.4) is 0 Å². The number of hydrogen-bond donors (Lipinski definition) is 1. The minimum atomic E-state index is -0.667. The number of hydrogen-bond acceptors (Lipinski definition) is 1. The van der Waals surface area contributed by atoms with Crippen molar-refractivity contribution in [3.8, 4) is 0 Å². The van der Waals surface area contributed by atoms with Gasteiger partial charge in [-0.2, -0.15) is 0 Å². The normalized spacial score (nSPS) is 12.0. The second-order valence-corrected chi connectivity index (χ2v) is 5.73. The number of rotatable bonds is 15. The Morgan fingerprint density at radius 3 is 1.91 bits per heavy atom. The van der Waals surface area contributed by atoms with Gasteiger partial charge in [0.05, 0.1) is 0 Å². The molecule has 0 heterocycles. The van der Waals surface area contributed by atoms with E-state index in [9.17, 15) is 4.79 Å². The first-order valence-corrected chi connectivity index (χ1v) is 8.90. The summed E-state index contributed by atoms with van der Waals surface area (Å²) in [6.07, 6.45) is 26.4. The monoisotopic (exact) mass is 306 g/mol. The van der Waals surface area contributed by atoms with Gasteiger partial charge in [-0.1, -0.05) is 68.6 Å². The van der Waals surface area contributed by atoms with Gasteiger partial charge >= 0.3 is 5.97 Å². The minimum Gasteiger partial charge on any atom is -0.481 e. The molecule has 0 bridgehead atoms. The maximum absolute atomic E-state index is 10.3.